The van der Waals surface area contributed by atoms with Crippen LogP contribution in [0.4, 0.5) is 4.39 Å². The third-order valence-corrected chi connectivity index (χ3v) is 4.36. The summed E-state index contributed by atoms with van der Waals surface area (Å²) in [5, 5.41) is 15.5. The molecule has 1 aromatic rings. The maximum atomic E-state index is 13.8. The molecule has 0 aliphatic heterocycles. The zero-order chi connectivity index (χ0) is 16.8. The van der Waals surface area contributed by atoms with E-state index >= 15 is 0 Å². The van der Waals surface area contributed by atoms with Crippen LogP contribution in [0, 0.1) is 29.0 Å². The average molecular weight is 444 g/mol. The Kier molecular flexibility index (Phi) is 8.46. The summed E-state index contributed by atoms with van der Waals surface area (Å²) in [6.07, 6.45) is 3.53. The molecule has 24 heavy (non-hydrogen) atoms. The van der Waals surface area contributed by atoms with Crippen LogP contribution in [0.1, 0.15) is 44.2 Å². The highest BCUT2D eigenvalue weighted by Crippen LogP contribution is 2.28. The van der Waals surface area contributed by atoms with Gasteiger partial charge >= 0.3 is 0 Å². The molecule has 0 bridgehead atoms. The highest BCUT2D eigenvalue weighted by Gasteiger charge is 2.24. The first-order valence-corrected chi connectivity index (χ1v) is 8.17. The maximum absolute atomic E-state index is 13.8. The minimum atomic E-state index is -0.313. The van der Waals surface area contributed by atoms with Crippen LogP contribution in [-0.4, -0.2) is 19.0 Å². The molecular weight excluding hydrogens is 418 g/mol. The summed E-state index contributed by atoms with van der Waals surface area (Å²) in [5.74, 6) is 1.78. The fraction of sp³-hybridized carbons (Fsp3) is 0.556. The van der Waals surface area contributed by atoms with E-state index in [-0.39, 0.29) is 29.8 Å². The van der Waals surface area contributed by atoms with Crippen LogP contribution < -0.4 is 10.6 Å². The Balaban J connectivity index is 0.00000288. The Bertz CT molecular complexity index is 602. The molecule has 1 aromatic carbocycles. The highest BCUT2D eigenvalue weighted by atomic mass is 127. The fourth-order valence-electron chi connectivity index (χ4n) is 3.41. The fourth-order valence-corrected chi connectivity index (χ4v) is 3.41. The van der Waals surface area contributed by atoms with Crippen LogP contribution >= 0.6 is 24.0 Å². The number of nitriles is 1. The predicted molar refractivity (Wildman–Crippen MR) is 106 cm³/mol. The SMILES string of the molecule is CN=C(NCc1cc(C#N)ccc1F)NC1CC(C)CC(C)C1.I. The van der Waals surface area contributed by atoms with Crippen LogP contribution in [0.2, 0.25) is 0 Å². The predicted octanol–water partition coefficient (Wildman–Crippen LogP) is 3.81. The molecule has 0 aromatic heterocycles. The molecule has 1 aliphatic carbocycles. The first-order chi connectivity index (χ1) is 11.0. The van der Waals surface area contributed by atoms with Crippen molar-refractivity contribution in [2.75, 3.05) is 7.05 Å². The third kappa shape index (κ3) is 5.93. The summed E-state index contributed by atoms with van der Waals surface area (Å²) in [7, 11) is 1.72. The number of rotatable bonds is 3. The molecule has 1 saturated carbocycles. The van der Waals surface area contributed by atoms with E-state index in [0.29, 0.717) is 41.5 Å². The average Bonchev–Trinajstić information content (AvgIpc) is 2.51. The van der Waals surface area contributed by atoms with E-state index in [2.05, 4.69) is 29.5 Å². The van der Waals surface area contributed by atoms with Gasteiger partial charge in [-0.15, -0.1) is 24.0 Å². The normalized spacial score (nSPS) is 23.8. The molecule has 132 valence electrons. The first kappa shape index (κ1) is 20.7. The quantitative estimate of drug-likeness (QED) is 0.424. The molecule has 0 saturated heterocycles. The molecule has 1 fully saturated rings. The van der Waals surface area contributed by atoms with Gasteiger partial charge in [0.2, 0.25) is 0 Å². The van der Waals surface area contributed by atoms with Gasteiger partial charge < -0.3 is 10.6 Å². The summed E-state index contributed by atoms with van der Waals surface area (Å²) in [6, 6.07) is 6.81. The van der Waals surface area contributed by atoms with E-state index in [1.165, 1.54) is 18.6 Å². The Morgan fingerprint density at radius 3 is 2.54 bits per heavy atom. The summed E-state index contributed by atoms with van der Waals surface area (Å²) >= 11 is 0. The van der Waals surface area contributed by atoms with Crippen molar-refractivity contribution in [3.63, 3.8) is 0 Å². The van der Waals surface area contributed by atoms with Crippen molar-refractivity contribution in [1.82, 2.24) is 10.6 Å². The van der Waals surface area contributed by atoms with E-state index in [1.807, 2.05) is 6.07 Å². The standard InChI is InChI=1S/C18H25FN4.HI/c1-12-6-13(2)8-16(7-12)23-18(21-3)22-11-15-9-14(10-20)4-5-17(15)19;/h4-5,9,12-13,16H,6-8,11H2,1-3H3,(H2,21,22,23);1H. The molecule has 4 nitrogen and oxygen atoms in total. The van der Waals surface area contributed by atoms with Crippen molar-refractivity contribution in [2.45, 2.75) is 45.7 Å². The Hall–Kier alpha value is -1.36. The lowest BCUT2D eigenvalue weighted by molar-refractivity contribution is 0.255. The van der Waals surface area contributed by atoms with Crippen molar-refractivity contribution in [1.29, 1.82) is 5.26 Å². The molecule has 1 aliphatic rings. The van der Waals surface area contributed by atoms with Gasteiger partial charge in [0.25, 0.3) is 0 Å². The summed E-state index contributed by atoms with van der Waals surface area (Å²) in [4.78, 5) is 4.23. The monoisotopic (exact) mass is 444 g/mol. The van der Waals surface area contributed by atoms with Crippen LogP contribution in [0.5, 0.6) is 0 Å². The number of aliphatic imine (C=N–C) groups is 1. The molecule has 6 heteroatoms. The van der Waals surface area contributed by atoms with Gasteiger partial charge in [-0.3, -0.25) is 4.99 Å². The number of halogens is 2. The van der Waals surface area contributed by atoms with Gasteiger partial charge in [-0.2, -0.15) is 5.26 Å². The number of guanidine groups is 1. The van der Waals surface area contributed by atoms with Gasteiger partial charge in [0.1, 0.15) is 5.82 Å². The third-order valence-electron chi connectivity index (χ3n) is 4.36. The molecule has 2 N–H and O–H groups in total. The largest absolute Gasteiger partial charge is 0.354 e. The number of benzene rings is 1. The maximum Gasteiger partial charge on any atom is 0.191 e. The van der Waals surface area contributed by atoms with Gasteiger partial charge in [0.15, 0.2) is 5.96 Å². The lowest BCUT2D eigenvalue weighted by Crippen LogP contribution is -2.46. The summed E-state index contributed by atoms with van der Waals surface area (Å²) in [6.45, 7) is 4.87. The van der Waals surface area contributed by atoms with Crippen LogP contribution in [0.3, 0.4) is 0 Å². The van der Waals surface area contributed by atoms with Crippen molar-refractivity contribution >= 4 is 29.9 Å². The summed E-state index contributed by atoms with van der Waals surface area (Å²) < 4.78 is 13.8. The molecule has 2 atom stereocenters. The van der Waals surface area contributed by atoms with Crippen LogP contribution in [0.25, 0.3) is 0 Å². The van der Waals surface area contributed by atoms with E-state index in [9.17, 15) is 4.39 Å². The molecule has 0 spiro atoms. The second-order valence-electron chi connectivity index (χ2n) is 6.60. The Morgan fingerprint density at radius 2 is 1.96 bits per heavy atom. The van der Waals surface area contributed by atoms with Gasteiger partial charge in [-0.1, -0.05) is 13.8 Å². The Morgan fingerprint density at radius 1 is 1.29 bits per heavy atom. The van der Waals surface area contributed by atoms with E-state index in [4.69, 9.17) is 5.26 Å². The zero-order valence-electron chi connectivity index (χ0n) is 14.5. The molecule has 0 heterocycles. The van der Waals surface area contributed by atoms with Gasteiger partial charge in [0.05, 0.1) is 11.6 Å². The van der Waals surface area contributed by atoms with E-state index in [0.717, 1.165) is 12.8 Å². The minimum absolute atomic E-state index is 0. The number of nitrogens with one attached hydrogen (secondary N) is 2. The number of hydrogen-bond acceptors (Lipinski definition) is 2. The van der Waals surface area contributed by atoms with Crippen molar-refractivity contribution < 1.29 is 4.39 Å². The zero-order valence-corrected chi connectivity index (χ0v) is 16.8. The smallest absolute Gasteiger partial charge is 0.191 e. The molecule has 0 radical (unpaired) electrons. The summed E-state index contributed by atoms with van der Waals surface area (Å²) in [5.41, 5.74) is 0.929. The molecular formula is C18H26FIN4. The van der Waals surface area contributed by atoms with E-state index < -0.39 is 0 Å². The van der Waals surface area contributed by atoms with Crippen molar-refractivity contribution in [3.05, 3.63) is 35.1 Å². The van der Waals surface area contributed by atoms with Gasteiger partial charge in [-0.25, -0.2) is 4.39 Å². The minimum Gasteiger partial charge on any atom is -0.354 e. The van der Waals surface area contributed by atoms with Gasteiger partial charge in [0, 0.05) is 25.2 Å². The lowest BCUT2D eigenvalue weighted by Gasteiger charge is -2.32. The van der Waals surface area contributed by atoms with Crippen LogP contribution in [0.15, 0.2) is 23.2 Å². The lowest BCUT2D eigenvalue weighted by atomic mass is 9.80. The van der Waals surface area contributed by atoms with Crippen molar-refractivity contribution in [3.8, 4) is 6.07 Å². The van der Waals surface area contributed by atoms with Crippen LogP contribution in [-0.2, 0) is 6.54 Å². The number of nitrogens with zero attached hydrogens (tertiary/aromatic N) is 2. The number of hydrogen-bond donors (Lipinski definition) is 2. The topological polar surface area (TPSA) is 60.2 Å². The van der Waals surface area contributed by atoms with E-state index in [1.54, 1.807) is 13.1 Å². The second-order valence-corrected chi connectivity index (χ2v) is 6.60. The highest BCUT2D eigenvalue weighted by molar-refractivity contribution is 14.0. The van der Waals surface area contributed by atoms with Crippen molar-refractivity contribution in [2.24, 2.45) is 16.8 Å². The first-order valence-electron chi connectivity index (χ1n) is 8.17. The Labute approximate surface area is 161 Å². The molecule has 2 unspecified atom stereocenters. The molecule has 2 rings (SSSR count). The van der Waals surface area contributed by atoms with Gasteiger partial charge in [-0.05, 0) is 49.3 Å². The second kappa shape index (κ2) is 9.82. The molecule has 0 amide bonds.